The lowest BCUT2D eigenvalue weighted by Crippen LogP contribution is -2.14. The van der Waals surface area contributed by atoms with Gasteiger partial charge in [0.25, 0.3) is 0 Å². The fraction of sp³-hybridized carbons (Fsp3) is 0.235. The Labute approximate surface area is 160 Å². The van der Waals surface area contributed by atoms with Gasteiger partial charge in [0.1, 0.15) is 6.17 Å². The summed E-state index contributed by atoms with van der Waals surface area (Å²) >= 11 is 1.40. The van der Waals surface area contributed by atoms with E-state index in [1.54, 1.807) is 6.20 Å². The molecule has 0 unspecified atom stereocenters. The number of hydrogen-bond donors (Lipinski definition) is 1. The minimum atomic E-state index is -0.996. The molecule has 2 aromatic heterocycles. The number of nitrogens with one attached hydrogen (secondary N) is 1. The van der Waals surface area contributed by atoms with Crippen LogP contribution in [0, 0.1) is 12.8 Å². The van der Waals surface area contributed by atoms with Crippen molar-refractivity contribution in [1.29, 1.82) is 0 Å². The van der Waals surface area contributed by atoms with Gasteiger partial charge in [-0.3, -0.25) is 9.78 Å². The van der Waals surface area contributed by atoms with Crippen molar-refractivity contribution >= 4 is 57.4 Å². The molecule has 4 rings (SSSR count). The fourth-order valence-electron chi connectivity index (χ4n) is 2.55. The summed E-state index contributed by atoms with van der Waals surface area (Å²) in [4.78, 5) is 20.4. The fourth-order valence-corrected chi connectivity index (χ4v) is 3.45. The number of aromatic nitrogens is 2. The highest BCUT2D eigenvalue weighted by Gasteiger charge is 2.43. The van der Waals surface area contributed by atoms with Crippen LogP contribution in [-0.2, 0) is 4.79 Å². The second-order valence-corrected chi connectivity index (χ2v) is 6.77. The topological polar surface area (TPSA) is 54.9 Å². The monoisotopic (exact) mass is 399 g/mol. The van der Waals surface area contributed by atoms with E-state index in [4.69, 9.17) is 0 Å². The molecule has 1 N–H and O–H groups in total. The van der Waals surface area contributed by atoms with Crippen molar-refractivity contribution in [3.8, 4) is 11.1 Å². The average Bonchev–Trinajstić information content (AvgIpc) is 3.13. The molecule has 1 aliphatic rings. The quantitative estimate of drug-likeness (QED) is 0.687. The standard InChI is InChI=1S/C17H14FN3OS.2ClH/c1-9-4-5-19-8-12(9)10-2-3-14-15(6-10)23-17(20-14)21-16(22)11-7-13(11)18;;/h2-6,8,11,13H,7H2,1H3,(H,20,21,22);2*1H/t11-,13-;;/m1../s1. The molecule has 1 fully saturated rings. The van der Waals surface area contributed by atoms with E-state index in [0.29, 0.717) is 11.6 Å². The van der Waals surface area contributed by atoms with Gasteiger partial charge in [-0.25, -0.2) is 9.37 Å². The van der Waals surface area contributed by atoms with E-state index in [-0.39, 0.29) is 30.7 Å². The number of nitrogens with zero attached hydrogens (tertiary/aromatic N) is 2. The number of carbonyl (C=O) groups excluding carboxylic acids is 1. The van der Waals surface area contributed by atoms with Crippen molar-refractivity contribution in [2.75, 3.05) is 5.32 Å². The van der Waals surface area contributed by atoms with Crippen LogP contribution in [0.15, 0.2) is 36.7 Å². The minimum Gasteiger partial charge on any atom is -0.302 e. The molecule has 3 aromatic rings. The summed E-state index contributed by atoms with van der Waals surface area (Å²) in [6.07, 6.45) is 2.94. The Morgan fingerprint density at radius 1 is 1.32 bits per heavy atom. The molecule has 1 saturated carbocycles. The third-order valence-corrected chi connectivity index (χ3v) is 4.95. The lowest BCUT2D eigenvalue weighted by molar-refractivity contribution is -0.117. The van der Waals surface area contributed by atoms with Crippen LogP contribution < -0.4 is 5.32 Å². The van der Waals surface area contributed by atoms with Gasteiger partial charge in [0.15, 0.2) is 5.13 Å². The number of aryl methyl sites for hydroxylation is 1. The van der Waals surface area contributed by atoms with Crippen molar-refractivity contribution in [3.05, 3.63) is 42.2 Å². The minimum absolute atomic E-state index is 0. The van der Waals surface area contributed by atoms with Crippen LogP contribution in [-0.4, -0.2) is 22.0 Å². The van der Waals surface area contributed by atoms with Gasteiger partial charge in [0.2, 0.25) is 5.91 Å². The van der Waals surface area contributed by atoms with Gasteiger partial charge in [-0.15, -0.1) is 24.8 Å². The number of halogens is 3. The van der Waals surface area contributed by atoms with Gasteiger partial charge in [-0.1, -0.05) is 17.4 Å². The molecule has 25 heavy (non-hydrogen) atoms. The lowest BCUT2D eigenvalue weighted by Gasteiger charge is -2.04. The first-order valence-electron chi connectivity index (χ1n) is 7.38. The molecule has 4 nitrogen and oxygen atoms in total. The molecule has 1 aromatic carbocycles. The Hall–Kier alpha value is -1.76. The van der Waals surface area contributed by atoms with Gasteiger partial charge in [0, 0.05) is 18.0 Å². The number of benzene rings is 1. The molecule has 1 amide bonds. The molecular weight excluding hydrogens is 384 g/mol. The summed E-state index contributed by atoms with van der Waals surface area (Å²) in [5.74, 6) is -0.782. The van der Waals surface area contributed by atoms with Crippen LogP contribution in [0.3, 0.4) is 0 Å². The van der Waals surface area contributed by atoms with Crippen LogP contribution in [0.1, 0.15) is 12.0 Å². The number of pyridine rings is 1. The number of alkyl halides is 1. The predicted octanol–water partition coefficient (Wildman–Crippen LogP) is 4.81. The number of carbonyl (C=O) groups is 1. The Morgan fingerprint density at radius 3 is 2.76 bits per heavy atom. The zero-order valence-corrected chi connectivity index (χ0v) is 15.7. The molecule has 2 atom stereocenters. The van der Waals surface area contributed by atoms with Crippen molar-refractivity contribution in [2.45, 2.75) is 19.5 Å². The summed E-state index contributed by atoms with van der Waals surface area (Å²) in [5, 5.41) is 3.23. The molecule has 1 aliphatic carbocycles. The van der Waals surface area contributed by atoms with Crippen LogP contribution in [0.2, 0.25) is 0 Å². The SMILES string of the molecule is Cc1ccncc1-c1ccc2nc(NC(=O)[C@@H]3C[C@H]3F)sc2c1.Cl.Cl. The first kappa shape index (κ1) is 19.6. The molecule has 0 saturated heterocycles. The predicted molar refractivity (Wildman–Crippen MR) is 104 cm³/mol. The average molecular weight is 400 g/mol. The molecular formula is C17H16Cl2FN3OS. The third-order valence-electron chi connectivity index (χ3n) is 4.02. The third kappa shape index (κ3) is 3.92. The first-order chi connectivity index (χ1) is 11.1. The number of anilines is 1. The maximum absolute atomic E-state index is 12.9. The number of hydrogen-bond acceptors (Lipinski definition) is 4. The summed E-state index contributed by atoms with van der Waals surface area (Å²) in [6, 6.07) is 7.94. The smallest absolute Gasteiger partial charge is 0.232 e. The molecule has 0 spiro atoms. The maximum Gasteiger partial charge on any atom is 0.232 e. The van der Waals surface area contributed by atoms with Gasteiger partial charge in [0.05, 0.1) is 16.1 Å². The van der Waals surface area contributed by atoms with Crippen molar-refractivity contribution < 1.29 is 9.18 Å². The van der Waals surface area contributed by atoms with E-state index < -0.39 is 12.1 Å². The highest BCUT2D eigenvalue weighted by Crippen LogP contribution is 2.36. The van der Waals surface area contributed by atoms with Crippen LogP contribution in [0.25, 0.3) is 21.3 Å². The van der Waals surface area contributed by atoms with Gasteiger partial charge >= 0.3 is 0 Å². The van der Waals surface area contributed by atoms with Crippen LogP contribution in [0.4, 0.5) is 9.52 Å². The maximum atomic E-state index is 12.9. The second-order valence-electron chi connectivity index (χ2n) is 5.74. The van der Waals surface area contributed by atoms with E-state index in [1.165, 1.54) is 11.3 Å². The Morgan fingerprint density at radius 2 is 2.08 bits per heavy atom. The van der Waals surface area contributed by atoms with Gasteiger partial charge < -0.3 is 5.32 Å². The molecule has 8 heteroatoms. The van der Waals surface area contributed by atoms with Crippen molar-refractivity contribution in [1.82, 2.24) is 9.97 Å². The summed E-state index contributed by atoms with van der Waals surface area (Å²) in [7, 11) is 0. The number of rotatable bonds is 3. The molecule has 0 radical (unpaired) electrons. The molecule has 2 heterocycles. The van der Waals surface area contributed by atoms with Gasteiger partial charge in [-0.2, -0.15) is 0 Å². The highest BCUT2D eigenvalue weighted by atomic mass is 35.5. The number of thiazole rings is 1. The zero-order valence-electron chi connectivity index (χ0n) is 13.2. The Balaban J connectivity index is 0.00000113. The summed E-state index contributed by atoms with van der Waals surface area (Å²) < 4.78 is 13.9. The van der Waals surface area contributed by atoms with Crippen LogP contribution in [0.5, 0.6) is 0 Å². The van der Waals surface area contributed by atoms with Gasteiger partial charge in [-0.05, 0) is 42.7 Å². The normalized spacial score (nSPS) is 18.2. The van der Waals surface area contributed by atoms with E-state index in [2.05, 4.69) is 15.3 Å². The van der Waals surface area contributed by atoms with E-state index >= 15 is 0 Å². The largest absolute Gasteiger partial charge is 0.302 e. The zero-order chi connectivity index (χ0) is 16.0. The van der Waals surface area contributed by atoms with E-state index in [1.807, 2.05) is 37.4 Å². The van der Waals surface area contributed by atoms with Crippen molar-refractivity contribution in [2.24, 2.45) is 5.92 Å². The second kappa shape index (κ2) is 7.64. The summed E-state index contributed by atoms with van der Waals surface area (Å²) in [5.41, 5.74) is 4.12. The van der Waals surface area contributed by atoms with E-state index in [0.717, 1.165) is 26.9 Å². The molecule has 0 aliphatic heterocycles. The highest BCUT2D eigenvalue weighted by molar-refractivity contribution is 7.22. The molecule has 0 bridgehead atoms. The first-order valence-corrected chi connectivity index (χ1v) is 8.20. The van der Waals surface area contributed by atoms with E-state index in [9.17, 15) is 9.18 Å². The molecule has 132 valence electrons. The lowest BCUT2D eigenvalue weighted by atomic mass is 10.0. The van der Waals surface area contributed by atoms with Crippen molar-refractivity contribution in [3.63, 3.8) is 0 Å². The number of fused-ring (bicyclic) bond motifs is 1. The number of amides is 1. The van der Waals surface area contributed by atoms with Crippen LogP contribution >= 0.6 is 36.2 Å². The Kier molecular flexibility index (Phi) is 5.98. The summed E-state index contributed by atoms with van der Waals surface area (Å²) in [6.45, 7) is 2.04. The Bertz CT molecular complexity index is 918.